The van der Waals surface area contributed by atoms with Gasteiger partial charge in [-0.15, -0.1) is 18.2 Å². The molecule has 0 aliphatic carbocycles. The number of furan rings is 1. The van der Waals surface area contributed by atoms with Crippen LogP contribution in [0.1, 0.15) is 54.2 Å². The van der Waals surface area contributed by atoms with Gasteiger partial charge in [0.2, 0.25) is 5.71 Å². The van der Waals surface area contributed by atoms with Gasteiger partial charge >= 0.3 is 128 Å². The maximum atomic E-state index is 8.56. The molecule has 0 N–H and O–H groups in total. The van der Waals surface area contributed by atoms with Crippen molar-refractivity contribution in [3.05, 3.63) is 187 Å². The SMILES string of the molecule is Cc1ccc2c(n1)oc1c(-c3nc4ccccc4n3-c3c(-c4ccccc4)cc(C(C)(C)C)cc3-c3ccccc3)[c-]ccc12.[2H]C([2H])(c1cc(-c2[c-]cccc2)nc[c]1[Ge]([CH3])([CH3])[CH3])C(C)C.[Ir]. The predicted octanol–water partition coefficient (Wildman–Crippen LogP) is 15.0. The Morgan fingerprint density at radius 3 is 2.00 bits per heavy atom. The molecule has 5 nitrogen and oxygen atoms in total. The number of hydrogen-bond acceptors (Lipinski definition) is 4. The van der Waals surface area contributed by atoms with E-state index in [1.165, 1.54) is 5.56 Å². The van der Waals surface area contributed by atoms with Crippen LogP contribution in [0, 0.1) is 25.0 Å². The maximum Gasteiger partial charge on any atom is 0 e. The van der Waals surface area contributed by atoms with Gasteiger partial charge in [0.1, 0.15) is 0 Å². The van der Waals surface area contributed by atoms with Crippen molar-refractivity contribution >= 4 is 50.8 Å². The molecule has 0 saturated carbocycles. The number of benzene rings is 6. The maximum absolute atomic E-state index is 8.56. The second kappa shape index (κ2) is 19.1. The van der Waals surface area contributed by atoms with Crippen molar-refractivity contribution in [2.75, 3.05) is 0 Å². The van der Waals surface area contributed by atoms with Gasteiger partial charge in [0, 0.05) is 42.3 Å². The molecule has 10 aromatic rings. The molecule has 0 bridgehead atoms. The number of aryl methyl sites for hydroxylation is 1. The standard InChI is InChI=1S/C41H32N3O.C18H24GeN.Ir/c1-26-22-23-31-30-18-13-19-32(38(30)45-40(31)42-26)39-43-35-20-11-12-21-36(35)44(39)37-33(27-14-7-5-8-15-27)24-29(41(2,3)4)25-34(37)28-16-9-6-10-17-28;1-14(2)11-16-12-18(15-9-7-6-8-10-15)20-13-17(16)19(3,4)5;/h5-18,20-25H,1-4H3;6-9,12-14H,11H2,1-5H3;/q2*-1;/i;11D2;. The number of hydrogen-bond donors (Lipinski definition) is 0. The van der Waals surface area contributed by atoms with Gasteiger partial charge in [-0.2, -0.15) is 0 Å². The first-order valence-corrected chi connectivity index (χ1v) is 29.8. The number of pyridine rings is 2. The third-order valence-electron chi connectivity index (χ3n) is 11.7. The smallest absolute Gasteiger partial charge is 0 e. The average molecular weight is 1100 g/mol. The summed E-state index contributed by atoms with van der Waals surface area (Å²) >= 11 is -2.20. The number of para-hydroxylation sites is 2. The van der Waals surface area contributed by atoms with Crippen LogP contribution in [0.4, 0.5) is 0 Å². The minimum atomic E-state index is -2.20. The zero-order chi connectivity index (χ0) is 47.3. The van der Waals surface area contributed by atoms with Crippen LogP contribution in [0.3, 0.4) is 0 Å². The largest absolute Gasteiger partial charge is 0 e. The van der Waals surface area contributed by atoms with Gasteiger partial charge in [-0.05, 0) is 65.4 Å². The van der Waals surface area contributed by atoms with Crippen molar-refractivity contribution in [1.82, 2.24) is 19.5 Å². The van der Waals surface area contributed by atoms with Crippen LogP contribution in [0.2, 0.25) is 17.3 Å². The van der Waals surface area contributed by atoms with Crippen LogP contribution in [-0.4, -0.2) is 32.8 Å². The fraction of sp³-hybridized carbons (Fsp3) is 0.203. The summed E-state index contributed by atoms with van der Waals surface area (Å²) in [6.07, 6.45) is 0.562. The number of fused-ring (bicyclic) bond motifs is 4. The summed E-state index contributed by atoms with van der Waals surface area (Å²) in [6.45, 7) is 12.7. The van der Waals surface area contributed by atoms with Crippen molar-refractivity contribution in [2.45, 2.75) is 70.6 Å². The number of nitrogens with zero attached hydrogens (tertiary/aromatic N) is 4. The molecule has 4 heterocycles. The first-order chi connectivity index (χ1) is 32.0. The summed E-state index contributed by atoms with van der Waals surface area (Å²) in [5.74, 6) is 7.54. The third kappa shape index (κ3) is 9.51. The molecule has 10 rings (SSSR count). The number of aromatic nitrogens is 4. The van der Waals surface area contributed by atoms with E-state index in [2.05, 4.69) is 163 Å². The van der Waals surface area contributed by atoms with Gasteiger partial charge in [0.25, 0.3) is 0 Å². The minimum Gasteiger partial charge on any atom is 0 e. The van der Waals surface area contributed by atoms with Crippen molar-refractivity contribution in [3.8, 4) is 50.6 Å². The molecule has 0 fully saturated rings. The summed E-state index contributed by atoms with van der Waals surface area (Å²) in [5.41, 5.74) is 14.4. The molecule has 333 valence electrons. The topological polar surface area (TPSA) is 56.7 Å². The van der Waals surface area contributed by atoms with Crippen LogP contribution >= 0.6 is 0 Å². The molecular weight excluding hydrogens is 1050 g/mol. The van der Waals surface area contributed by atoms with Crippen molar-refractivity contribution in [1.29, 1.82) is 0 Å². The van der Waals surface area contributed by atoms with Crippen molar-refractivity contribution in [3.63, 3.8) is 0 Å². The Balaban J connectivity index is 0.000000230. The third-order valence-corrected chi connectivity index (χ3v) is 16.0. The summed E-state index contributed by atoms with van der Waals surface area (Å²) in [5, 5.41) is 1.98. The van der Waals surface area contributed by atoms with E-state index in [1.54, 1.807) is 0 Å². The summed E-state index contributed by atoms with van der Waals surface area (Å²) in [4.78, 5) is 14.6. The molecule has 0 saturated heterocycles. The molecular formula is C59H56GeIrN4O-2. The zero-order valence-corrected chi connectivity index (χ0v) is 43.6. The molecule has 7 heteroatoms. The van der Waals surface area contributed by atoms with Gasteiger partial charge in [-0.3, -0.25) is 4.98 Å². The Labute approximate surface area is 408 Å². The van der Waals surface area contributed by atoms with Crippen LogP contribution < -0.4 is 4.40 Å². The van der Waals surface area contributed by atoms with Crippen molar-refractivity contribution in [2.24, 2.45) is 5.92 Å². The Kier molecular flexibility index (Phi) is 12.7. The molecule has 0 amide bonds. The van der Waals surface area contributed by atoms with E-state index in [9.17, 15) is 0 Å². The second-order valence-corrected chi connectivity index (χ2v) is 29.7. The second-order valence-electron chi connectivity index (χ2n) is 19.1. The fourth-order valence-electron chi connectivity index (χ4n) is 8.47. The number of imidazole rings is 1. The molecule has 0 aliphatic rings. The van der Waals surface area contributed by atoms with E-state index >= 15 is 0 Å². The van der Waals surface area contributed by atoms with Crippen LogP contribution in [0.25, 0.3) is 83.7 Å². The van der Waals surface area contributed by atoms with Gasteiger partial charge in [0.15, 0.2) is 0 Å². The molecule has 66 heavy (non-hydrogen) atoms. The van der Waals surface area contributed by atoms with E-state index in [0.29, 0.717) is 5.71 Å². The molecule has 6 aromatic carbocycles. The molecule has 0 spiro atoms. The quantitative estimate of drug-likeness (QED) is 0.112. The summed E-state index contributed by atoms with van der Waals surface area (Å²) < 4.78 is 27.1. The Bertz CT molecular complexity index is 3330. The van der Waals surface area contributed by atoms with E-state index in [-0.39, 0.29) is 31.4 Å². The Morgan fingerprint density at radius 1 is 0.727 bits per heavy atom. The van der Waals surface area contributed by atoms with E-state index < -0.39 is 19.6 Å². The summed E-state index contributed by atoms with van der Waals surface area (Å²) in [6, 6.07) is 58.9. The van der Waals surface area contributed by atoms with E-state index in [0.717, 1.165) is 93.6 Å². The fourth-order valence-corrected chi connectivity index (χ4v) is 11.4. The predicted molar refractivity (Wildman–Crippen MR) is 275 cm³/mol. The normalized spacial score (nSPS) is 12.5. The first kappa shape index (κ1) is 43.9. The van der Waals surface area contributed by atoms with Crippen molar-refractivity contribution < 1.29 is 27.3 Å². The molecule has 0 atom stereocenters. The van der Waals surface area contributed by atoms with Crippen LogP contribution in [-0.2, 0) is 31.9 Å². The van der Waals surface area contributed by atoms with Gasteiger partial charge in [-0.1, -0.05) is 105 Å². The molecule has 0 unspecified atom stereocenters. The Morgan fingerprint density at radius 2 is 1.38 bits per heavy atom. The van der Waals surface area contributed by atoms with E-state index in [1.807, 2.05) is 75.5 Å². The molecule has 4 aromatic heterocycles. The first-order valence-electron chi connectivity index (χ1n) is 23.5. The van der Waals surface area contributed by atoms with Gasteiger partial charge in [0.05, 0.1) is 28.1 Å². The average Bonchev–Trinajstić information content (AvgIpc) is 3.89. The van der Waals surface area contributed by atoms with Crippen LogP contribution in [0.5, 0.6) is 0 Å². The minimum absolute atomic E-state index is 0. The molecule has 0 aliphatic heterocycles. The van der Waals surface area contributed by atoms with Gasteiger partial charge < -0.3 is 8.98 Å². The van der Waals surface area contributed by atoms with Crippen LogP contribution in [0.15, 0.2) is 162 Å². The zero-order valence-electron chi connectivity index (χ0n) is 41.1. The summed E-state index contributed by atoms with van der Waals surface area (Å²) in [7, 11) is 0. The van der Waals surface area contributed by atoms with E-state index in [4.69, 9.17) is 17.1 Å². The monoisotopic (exact) mass is 1110 g/mol. The Hall–Kier alpha value is -5.92. The molecule has 1 radical (unpaired) electrons. The van der Waals surface area contributed by atoms with Gasteiger partial charge in [-0.25, -0.2) is 4.98 Å². The number of rotatable bonds is 8.